The maximum absolute atomic E-state index is 5.91. The van der Waals surface area contributed by atoms with Crippen LogP contribution in [0.15, 0.2) is 12.1 Å². The Labute approximate surface area is 113 Å². The summed E-state index contributed by atoms with van der Waals surface area (Å²) in [5.41, 5.74) is 0. The Bertz CT molecular complexity index is 303. The van der Waals surface area contributed by atoms with Crippen LogP contribution in [0.2, 0.25) is 4.34 Å². The minimum atomic E-state index is 0.378. The van der Waals surface area contributed by atoms with Crippen molar-refractivity contribution in [3.63, 3.8) is 0 Å². The number of rotatable bonds is 9. The molecule has 0 saturated heterocycles. The van der Waals surface area contributed by atoms with Crippen LogP contribution in [-0.2, 0) is 4.74 Å². The lowest BCUT2D eigenvalue weighted by Crippen LogP contribution is -2.20. The maximum Gasteiger partial charge on any atom is 0.0931 e. The molecule has 1 aromatic heterocycles. The number of hydrogen-bond donors (Lipinski definition) is 1. The smallest absolute Gasteiger partial charge is 0.0931 e. The molecule has 1 N–H and O–H groups in total. The Morgan fingerprint density at radius 2 is 2.12 bits per heavy atom. The molecule has 0 aliphatic heterocycles. The summed E-state index contributed by atoms with van der Waals surface area (Å²) >= 11 is 7.55. The fraction of sp³-hybridized carbons (Fsp3) is 0.692. The van der Waals surface area contributed by atoms with Crippen molar-refractivity contribution >= 4 is 22.9 Å². The van der Waals surface area contributed by atoms with Gasteiger partial charge in [0.1, 0.15) is 0 Å². The van der Waals surface area contributed by atoms with Crippen LogP contribution in [0, 0.1) is 0 Å². The molecule has 1 rings (SSSR count). The Hall–Kier alpha value is -0.0900. The average Bonchev–Trinajstić information content (AvgIpc) is 2.74. The van der Waals surface area contributed by atoms with Crippen LogP contribution in [0.3, 0.4) is 0 Å². The van der Waals surface area contributed by atoms with Crippen molar-refractivity contribution in [3.05, 3.63) is 21.3 Å². The minimum absolute atomic E-state index is 0.378. The quantitative estimate of drug-likeness (QED) is 0.680. The summed E-state index contributed by atoms with van der Waals surface area (Å²) < 4.78 is 6.37. The van der Waals surface area contributed by atoms with Crippen molar-refractivity contribution in [1.82, 2.24) is 5.32 Å². The maximum atomic E-state index is 5.91. The highest BCUT2D eigenvalue weighted by Gasteiger charge is 2.06. The van der Waals surface area contributed by atoms with Crippen molar-refractivity contribution in [1.29, 1.82) is 0 Å². The fourth-order valence-corrected chi connectivity index (χ4v) is 2.59. The number of thiophene rings is 1. The van der Waals surface area contributed by atoms with Gasteiger partial charge >= 0.3 is 0 Å². The molecule has 1 aromatic rings. The molecule has 1 atom stereocenters. The topological polar surface area (TPSA) is 21.3 Å². The largest absolute Gasteiger partial charge is 0.381 e. The van der Waals surface area contributed by atoms with Crippen molar-refractivity contribution in [2.24, 2.45) is 0 Å². The second-order valence-corrected chi connectivity index (χ2v) is 5.88. The van der Waals surface area contributed by atoms with Crippen LogP contribution in [0.5, 0.6) is 0 Å². The Morgan fingerprint density at radius 3 is 2.76 bits per heavy atom. The number of unbranched alkanes of at least 4 members (excludes halogenated alkanes) is 1. The number of hydrogen-bond acceptors (Lipinski definition) is 3. The van der Waals surface area contributed by atoms with Gasteiger partial charge in [0.2, 0.25) is 0 Å². The van der Waals surface area contributed by atoms with Crippen molar-refractivity contribution < 1.29 is 4.74 Å². The Morgan fingerprint density at radius 1 is 1.35 bits per heavy atom. The summed E-state index contributed by atoms with van der Waals surface area (Å²) in [5, 5.41) is 3.47. The van der Waals surface area contributed by atoms with Crippen LogP contribution in [0.4, 0.5) is 0 Å². The second kappa shape index (κ2) is 8.92. The predicted octanol–water partition coefficient (Wildman–Crippen LogP) is 4.26. The average molecular weight is 276 g/mol. The zero-order valence-electron chi connectivity index (χ0n) is 10.7. The Kier molecular flexibility index (Phi) is 7.86. The highest BCUT2D eigenvalue weighted by Crippen LogP contribution is 2.26. The molecule has 0 saturated carbocycles. The fourth-order valence-electron chi connectivity index (χ4n) is 1.50. The van der Waals surface area contributed by atoms with Crippen molar-refractivity contribution in [2.75, 3.05) is 19.8 Å². The third-order valence-electron chi connectivity index (χ3n) is 2.58. The zero-order valence-corrected chi connectivity index (χ0v) is 12.2. The number of halogens is 1. The molecule has 0 spiro atoms. The molecule has 17 heavy (non-hydrogen) atoms. The van der Waals surface area contributed by atoms with Gasteiger partial charge in [0.15, 0.2) is 0 Å². The van der Waals surface area contributed by atoms with Gasteiger partial charge < -0.3 is 10.1 Å². The summed E-state index contributed by atoms with van der Waals surface area (Å²) in [6.07, 6.45) is 3.43. The summed E-state index contributed by atoms with van der Waals surface area (Å²) in [5.74, 6) is 0. The third kappa shape index (κ3) is 6.41. The molecule has 0 aliphatic carbocycles. The molecule has 0 aromatic carbocycles. The Balaban J connectivity index is 2.03. The van der Waals surface area contributed by atoms with E-state index in [1.165, 1.54) is 11.3 Å². The van der Waals surface area contributed by atoms with Gasteiger partial charge in [0, 0.05) is 24.1 Å². The first-order chi connectivity index (χ1) is 8.24. The van der Waals surface area contributed by atoms with Gasteiger partial charge in [-0.1, -0.05) is 24.9 Å². The molecule has 0 aliphatic rings. The van der Waals surface area contributed by atoms with Crippen LogP contribution < -0.4 is 5.32 Å². The summed E-state index contributed by atoms with van der Waals surface area (Å²) in [4.78, 5) is 1.29. The van der Waals surface area contributed by atoms with Gasteiger partial charge in [-0.3, -0.25) is 0 Å². The number of nitrogens with one attached hydrogen (secondary N) is 1. The molecule has 0 radical (unpaired) electrons. The molecule has 1 heterocycles. The third-order valence-corrected chi connectivity index (χ3v) is 3.99. The zero-order chi connectivity index (χ0) is 12.5. The van der Waals surface area contributed by atoms with Crippen LogP contribution in [0.1, 0.15) is 44.0 Å². The van der Waals surface area contributed by atoms with E-state index in [2.05, 4.69) is 25.2 Å². The predicted molar refractivity (Wildman–Crippen MR) is 76.1 cm³/mol. The summed E-state index contributed by atoms with van der Waals surface area (Å²) in [6.45, 7) is 7.08. The lowest BCUT2D eigenvalue weighted by molar-refractivity contribution is 0.128. The lowest BCUT2D eigenvalue weighted by atomic mass is 10.2. The van der Waals surface area contributed by atoms with Crippen LogP contribution in [-0.4, -0.2) is 19.8 Å². The van der Waals surface area contributed by atoms with E-state index in [9.17, 15) is 0 Å². The van der Waals surface area contributed by atoms with Crippen LogP contribution in [0.25, 0.3) is 0 Å². The molecule has 0 fully saturated rings. The molecule has 0 bridgehead atoms. The first-order valence-corrected chi connectivity index (χ1v) is 7.50. The molecular formula is C13H22ClNOS. The molecule has 1 unspecified atom stereocenters. The van der Waals surface area contributed by atoms with E-state index < -0.39 is 0 Å². The lowest BCUT2D eigenvalue weighted by Gasteiger charge is -2.11. The molecular weight excluding hydrogens is 254 g/mol. The molecule has 98 valence electrons. The second-order valence-electron chi connectivity index (χ2n) is 4.14. The summed E-state index contributed by atoms with van der Waals surface area (Å²) in [6, 6.07) is 4.42. The first-order valence-electron chi connectivity index (χ1n) is 6.30. The molecule has 4 heteroatoms. The van der Waals surface area contributed by atoms with E-state index in [-0.39, 0.29) is 0 Å². The van der Waals surface area contributed by atoms with Gasteiger partial charge in [-0.15, -0.1) is 11.3 Å². The molecule has 2 nitrogen and oxygen atoms in total. The normalized spacial score (nSPS) is 12.9. The first kappa shape index (κ1) is 15.0. The monoisotopic (exact) mass is 275 g/mol. The van der Waals surface area contributed by atoms with Gasteiger partial charge in [0.25, 0.3) is 0 Å². The highest BCUT2D eigenvalue weighted by molar-refractivity contribution is 7.16. The van der Waals surface area contributed by atoms with E-state index in [1.807, 2.05) is 6.07 Å². The number of ether oxygens (including phenoxy) is 1. The van der Waals surface area contributed by atoms with Gasteiger partial charge in [-0.25, -0.2) is 0 Å². The summed E-state index contributed by atoms with van der Waals surface area (Å²) in [7, 11) is 0. The van der Waals surface area contributed by atoms with Crippen LogP contribution >= 0.6 is 22.9 Å². The van der Waals surface area contributed by atoms with Crippen molar-refractivity contribution in [2.45, 2.75) is 39.2 Å². The SMILES string of the molecule is CCCCOCCCNC(C)c1ccc(Cl)s1. The van der Waals surface area contributed by atoms with Crippen molar-refractivity contribution in [3.8, 4) is 0 Å². The minimum Gasteiger partial charge on any atom is -0.381 e. The standard InChI is InChI=1S/C13H22ClNOS/c1-3-4-9-16-10-5-8-15-11(2)12-6-7-13(14)17-12/h6-7,11,15H,3-5,8-10H2,1-2H3. The van der Waals surface area contributed by atoms with E-state index >= 15 is 0 Å². The highest BCUT2D eigenvalue weighted by atomic mass is 35.5. The van der Waals surface area contributed by atoms with Gasteiger partial charge in [0.05, 0.1) is 4.34 Å². The van der Waals surface area contributed by atoms with E-state index in [1.54, 1.807) is 11.3 Å². The van der Waals surface area contributed by atoms with E-state index in [4.69, 9.17) is 16.3 Å². The van der Waals surface area contributed by atoms with Gasteiger partial charge in [-0.2, -0.15) is 0 Å². The van der Waals surface area contributed by atoms with E-state index in [0.717, 1.165) is 36.9 Å². The molecule has 0 amide bonds. The van der Waals surface area contributed by atoms with E-state index in [0.29, 0.717) is 6.04 Å². The van der Waals surface area contributed by atoms with Gasteiger partial charge in [-0.05, 0) is 38.4 Å².